The Balaban J connectivity index is 2.29. The van der Waals surface area contributed by atoms with Crippen LogP contribution in [0.15, 0.2) is 10.5 Å². The zero-order valence-electron chi connectivity index (χ0n) is 12.8. The Morgan fingerprint density at radius 3 is 2.58 bits per heavy atom. The second kappa shape index (κ2) is 8.35. The smallest absolute Gasteiger partial charge is 0.118 e. The lowest BCUT2D eigenvalue weighted by atomic mass is 10.2. The molecule has 0 saturated carbocycles. The number of furan rings is 1. The van der Waals surface area contributed by atoms with E-state index in [1.165, 1.54) is 0 Å². The minimum Gasteiger partial charge on any atom is -0.465 e. The third kappa shape index (κ3) is 6.76. The molecule has 4 heteroatoms. The number of ether oxygens (including phenoxy) is 2. The molecule has 0 unspecified atom stereocenters. The van der Waals surface area contributed by atoms with Crippen LogP contribution in [0.2, 0.25) is 0 Å². The number of aryl methyl sites for hydroxylation is 1. The van der Waals surface area contributed by atoms with Gasteiger partial charge in [0.15, 0.2) is 0 Å². The fraction of sp³-hybridized carbons (Fsp3) is 0.733. The summed E-state index contributed by atoms with van der Waals surface area (Å²) in [7, 11) is 0. The lowest BCUT2D eigenvalue weighted by molar-refractivity contribution is 0.0140. The predicted molar refractivity (Wildman–Crippen MR) is 76.2 cm³/mol. The van der Waals surface area contributed by atoms with Crippen LogP contribution in [0.3, 0.4) is 0 Å². The molecule has 1 heterocycles. The number of nitrogens with one attached hydrogen (secondary N) is 1. The Morgan fingerprint density at radius 1 is 1.21 bits per heavy atom. The van der Waals surface area contributed by atoms with Crippen LogP contribution in [-0.4, -0.2) is 25.4 Å². The van der Waals surface area contributed by atoms with Crippen LogP contribution < -0.4 is 5.32 Å². The van der Waals surface area contributed by atoms with Crippen LogP contribution in [0.1, 0.15) is 44.8 Å². The third-order valence-corrected chi connectivity index (χ3v) is 2.69. The highest BCUT2D eigenvalue weighted by Gasteiger charge is 2.08. The zero-order valence-corrected chi connectivity index (χ0v) is 12.8. The Labute approximate surface area is 116 Å². The van der Waals surface area contributed by atoms with Crippen molar-refractivity contribution in [3.8, 4) is 0 Å². The van der Waals surface area contributed by atoms with Crippen LogP contribution in [0, 0.1) is 6.92 Å². The second-order valence-electron chi connectivity index (χ2n) is 5.30. The van der Waals surface area contributed by atoms with Gasteiger partial charge in [0, 0.05) is 11.6 Å². The lowest BCUT2D eigenvalue weighted by Gasteiger charge is -2.07. The molecule has 0 bridgehead atoms. The molecule has 0 radical (unpaired) electrons. The van der Waals surface area contributed by atoms with E-state index in [4.69, 9.17) is 13.9 Å². The van der Waals surface area contributed by atoms with Gasteiger partial charge in [0.2, 0.25) is 0 Å². The van der Waals surface area contributed by atoms with Gasteiger partial charge in [-0.2, -0.15) is 0 Å². The second-order valence-corrected chi connectivity index (χ2v) is 5.30. The van der Waals surface area contributed by atoms with Crippen molar-refractivity contribution in [1.29, 1.82) is 0 Å². The number of rotatable bonds is 9. The maximum atomic E-state index is 5.69. The first-order valence-electron chi connectivity index (χ1n) is 7.00. The largest absolute Gasteiger partial charge is 0.465 e. The highest BCUT2D eigenvalue weighted by molar-refractivity contribution is 5.19. The first-order chi connectivity index (χ1) is 8.99. The van der Waals surface area contributed by atoms with E-state index >= 15 is 0 Å². The van der Waals surface area contributed by atoms with Crippen molar-refractivity contribution in [2.75, 3.05) is 13.2 Å². The molecule has 0 spiro atoms. The van der Waals surface area contributed by atoms with Gasteiger partial charge < -0.3 is 19.2 Å². The highest BCUT2D eigenvalue weighted by Crippen LogP contribution is 2.15. The molecule has 19 heavy (non-hydrogen) atoms. The van der Waals surface area contributed by atoms with E-state index in [0.717, 1.165) is 23.6 Å². The number of hydrogen-bond acceptors (Lipinski definition) is 4. The van der Waals surface area contributed by atoms with Crippen molar-refractivity contribution in [3.05, 3.63) is 23.2 Å². The predicted octanol–water partition coefficient (Wildman–Crippen LogP) is 3.03. The SMILES string of the molecule is Cc1oc(CNC(C)C)cc1COCCOC(C)C. The van der Waals surface area contributed by atoms with Crippen molar-refractivity contribution >= 4 is 0 Å². The Kier molecular flexibility index (Phi) is 7.13. The van der Waals surface area contributed by atoms with E-state index in [1.54, 1.807) is 0 Å². The van der Waals surface area contributed by atoms with Gasteiger partial charge in [0.05, 0.1) is 32.5 Å². The molecule has 0 aliphatic rings. The lowest BCUT2D eigenvalue weighted by Crippen LogP contribution is -2.21. The molecule has 0 aliphatic carbocycles. The summed E-state index contributed by atoms with van der Waals surface area (Å²) >= 11 is 0. The van der Waals surface area contributed by atoms with Gasteiger partial charge in [0.1, 0.15) is 11.5 Å². The molecular formula is C15H27NO3. The fourth-order valence-electron chi connectivity index (χ4n) is 1.65. The molecule has 0 amide bonds. The molecule has 0 saturated heterocycles. The monoisotopic (exact) mass is 269 g/mol. The van der Waals surface area contributed by atoms with E-state index in [2.05, 4.69) is 25.2 Å². The normalized spacial score (nSPS) is 11.7. The zero-order chi connectivity index (χ0) is 14.3. The van der Waals surface area contributed by atoms with Gasteiger partial charge in [-0.15, -0.1) is 0 Å². The maximum absolute atomic E-state index is 5.69. The Morgan fingerprint density at radius 2 is 1.95 bits per heavy atom. The summed E-state index contributed by atoms with van der Waals surface area (Å²) in [5.41, 5.74) is 1.12. The Bertz CT molecular complexity index is 358. The van der Waals surface area contributed by atoms with Crippen LogP contribution in [0.4, 0.5) is 0 Å². The molecule has 0 fully saturated rings. The molecule has 0 aromatic carbocycles. The van der Waals surface area contributed by atoms with Gasteiger partial charge in [0.25, 0.3) is 0 Å². The quantitative estimate of drug-likeness (QED) is 0.700. The summed E-state index contributed by atoms with van der Waals surface area (Å²) in [6.45, 7) is 12.8. The molecule has 0 aliphatic heterocycles. The summed E-state index contributed by atoms with van der Waals surface area (Å²) in [6, 6.07) is 2.52. The van der Waals surface area contributed by atoms with E-state index in [1.807, 2.05) is 20.8 Å². The van der Waals surface area contributed by atoms with Gasteiger partial charge >= 0.3 is 0 Å². The Hall–Kier alpha value is -0.840. The molecular weight excluding hydrogens is 242 g/mol. The van der Waals surface area contributed by atoms with Crippen molar-refractivity contribution in [1.82, 2.24) is 5.32 Å². The number of hydrogen-bond donors (Lipinski definition) is 1. The molecule has 110 valence electrons. The van der Waals surface area contributed by atoms with Crippen molar-refractivity contribution in [2.45, 2.75) is 59.9 Å². The molecule has 4 nitrogen and oxygen atoms in total. The first-order valence-corrected chi connectivity index (χ1v) is 7.00. The van der Waals surface area contributed by atoms with Gasteiger partial charge in [-0.1, -0.05) is 13.8 Å². The summed E-state index contributed by atoms with van der Waals surface area (Å²) in [5, 5.41) is 3.34. The molecule has 1 aromatic heterocycles. The molecule has 1 N–H and O–H groups in total. The summed E-state index contributed by atoms with van der Waals surface area (Å²) in [4.78, 5) is 0. The minimum atomic E-state index is 0.257. The van der Waals surface area contributed by atoms with Crippen LogP contribution in [0.5, 0.6) is 0 Å². The van der Waals surface area contributed by atoms with Crippen LogP contribution in [-0.2, 0) is 22.6 Å². The molecule has 1 aromatic rings. The first kappa shape index (κ1) is 16.2. The maximum Gasteiger partial charge on any atom is 0.118 e. The van der Waals surface area contributed by atoms with Crippen molar-refractivity contribution < 1.29 is 13.9 Å². The van der Waals surface area contributed by atoms with Gasteiger partial charge in [-0.25, -0.2) is 0 Å². The van der Waals surface area contributed by atoms with Crippen LogP contribution in [0.25, 0.3) is 0 Å². The van der Waals surface area contributed by atoms with Crippen molar-refractivity contribution in [2.24, 2.45) is 0 Å². The van der Waals surface area contributed by atoms with Crippen molar-refractivity contribution in [3.63, 3.8) is 0 Å². The third-order valence-electron chi connectivity index (χ3n) is 2.69. The average molecular weight is 269 g/mol. The summed E-state index contributed by atoms with van der Waals surface area (Å²) in [6.07, 6.45) is 0.257. The van der Waals surface area contributed by atoms with Gasteiger partial charge in [-0.05, 0) is 26.8 Å². The minimum absolute atomic E-state index is 0.257. The fourth-order valence-corrected chi connectivity index (χ4v) is 1.65. The van der Waals surface area contributed by atoms with E-state index in [-0.39, 0.29) is 6.10 Å². The van der Waals surface area contributed by atoms with Gasteiger partial charge in [-0.3, -0.25) is 0 Å². The molecule has 1 rings (SSSR count). The van der Waals surface area contributed by atoms with E-state index in [0.29, 0.717) is 25.9 Å². The average Bonchev–Trinajstić information content (AvgIpc) is 2.67. The molecule has 0 atom stereocenters. The standard InChI is InChI=1S/C15H27NO3/c1-11(2)16-9-15-8-14(13(5)19-15)10-17-6-7-18-12(3)4/h8,11-12,16H,6-7,9-10H2,1-5H3. The van der Waals surface area contributed by atoms with E-state index in [9.17, 15) is 0 Å². The summed E-state index contributed by atoms with van der Waals surface area (Å²) < 4.78 is 16.7. The van der Waals surface area contributed by atoms with E-state index < -0.39 is 0 Å². The summed E-state index contributed by atoms with van der Waals surface area (Å²) in [5.74, 6) is 1.90. The highest BCUT2D eigenvalue weighted by atomic mass is 16.5. The topological polar surface area (TPSA) is 43.6 Å². The van der Waals surface area contributed by atoms with Crippen LogP contribution >= 0.6 is 0 Å².